The van der Waals surface area contributed by atoms with Crippen molar-refractivity contribution in [2.75, 3.05) is 7.11 Å². The van der Waals surface area contributed by atoms with Crippen LogP contribution in [0, 0.1) is 13.8 Å². The van der Waals surface area contributed by atoms with Crippen LogP contribution in [0.3, 0.4) is 0 Å². The molecule has 1 N–H and O–H groups in total. The highest BCUT2D eigenvalue weighted by Crippen LogP contribution is 2.20. The third-order valence-electron chi connectivity index (χ3n) is 3.16. The Morgan fingerprint density at radius 1 is 1.33 bits per heavy atom. The second kappa shape index (κ2) is 5.78. The summed E-state index contributed by atoms with van der Waals surface area (Å²) in [6.07, 6.45) is 0. The second-order valence-electron chi connectivity index (χ2n) is 4.71. The fourth-order valence-corrected chi connectivity index (χ4v) is 2.16. The Kier molecular flexibility index (Phi) is 4.07. The summed E-state index contributed by atoms with van der Waals surface area (Å²) < 4.78 is 6.51. The molecule has 1 heterocycles. The SMILES string of the molecule is COc1ccc(Cn2c(C)nc(C)cc2=O)cc1C(=O)O. The van der Waals surface area contributed by atoms with Gasteiger partial charge < -0.3 is 9.84 Å². The Hall–Kier alpha value is -2.63. The first kappa shape index (κ1) is 14.8. The molecule has 110 valence electrons. The molecular formula is C15H16N2O4. The first-order valence-electron chi connectivity index (χ1n) is 6.37. The van der Waals surface area contributed by atoms with Gasteiger partial charge in [-0.25, -0.2) is 9.78 Å². The average Bonchev–Trinajstić information content (AvgIpc) is 2.42. The normalized spacial score (nSPS) is 10.4. The molecule has 0 amide bonds. The van der Waals surface area contributed by atoms with Crippen molar-refractivity contribution in [2.24, 2.45) is 0 Å². The molecule has 2 aromatic rings. The number of carboxylic acids is 1. The third kappa shape index (κ3) is 3.10. The van der Waals surface area contributed by atoms with Crippen LogP contribution in [-0.2, 0) is 6.54 Å². The third-order valence-corrected chi connectivity index (χ3v) is 3.16. The molecule has 0 saturated carbocycles. The van der Waals surface area contributed by atoms with Crippen LogP contribution >= 0.6 is 0 Å². The molecule has 21 heavy (non-hydrogen) atoms. The van der Waals surface area contributed by atoms with Gasteiger partial charge >= 0.3 is 5.97 Å². The van der Waals surface area contributed by atoms with Gasteiger partial charge in [0.25, 0.3) is 5.56 Å². The van der Waals surface area contributed by atoms with Crippen LogP contribution in [-0.4, -0.2) is 27.7 Å². The van der Waals surface area contributed by atoms with E-state index in [0.717, 1.165) is 0 Å². The number of methoxy groups -OCH3 is 1. The molecular weight excluding hydrogens is 272 g/mol. The Balaban J connectivity index is 2.43. The average molecular weight is 288 g/mol. The molecule has 1 aromatic carbocycles. The Morgan fingerprint density at radius 2 is 2.05 bits per heavy atom. The highest BCUT2D eigenvalue weighted by Gasteiger charge is 2.12. The number of carbonyl (C=O) groups is 1. The summed E-state index contributed by atoms with van der Waals surface area (Å²) in [5.74, 6) is -0.190. The lowest BCUT2D eigenvalue weighted by atomic mass is 10.1. The van der Waals surface area contributed by atoms with Crippen molar-refractivity contribution in [3.63, 3.8) is 0 Å². The van der Waals surface area contributed by atoms with Crippen molar-refractivity contribution in [1.82, 2.24) is 9.55 Å². The van der Waals surface area contributed by atoms with Gasteiger partial charge in [0.05, 0.1) is 13.7 Å². The van der Waals surface area contributed by atoms with Gasteiger partial charge in [-0.15, -0.1) is 0 Å². The zero-order valence-electron chi connectivity index (χ0n) is 12.1. The molecule has 0 saturated heterocycles. The summed E-state index contributed by atoms with van der Waals surface area (Å²) in [7, 11) is 1.42. The van der Waals surface area contributed by atoms with Gasteiger partial charge in [-0.2, -0.15) is 0 Å². The fourth-order valence-electron chi connectivity index (χ4n) is 2.16. The summed E-state index contributed by atoms with van der Waals surface area (Å²) in [6.45, 7) is 3.77. The van der Waals surface area contributed by atoms with E-state index >= 15 is 0 Å². The molecule has 0 aliphatic heterocycles. The van der Waals surface area contributed by atoms with Crippen LogP contribution in [0.5, 0.6) is 5.75 Å². The van der Waals surface area contributed by atoms with Gasteiger partial charge in [-0.1, -0.05) is 6.07 Å². The van der Waals surface area contributed by atoms with Crippen LogP contribution < -0.4 is 10.3 Å². The Morgan fingerprint density at radius 3 is 2.62 bits per heavy atom. The van der Waals surface area contributed by atoms with Crippen molar-refractivity contribution in [3.05, 3.63) is 57.3 Å². The van der Waals surface area contributed by atoms with Crippen molar-refractivity contribution in [2.45, 2.75) is 20.4 Å². The number of aromatic carboxylic acids is 1. The van der Waals surface area contributed by atoms with E-state index < -0.39 is 5.97 Å². The van der Waals surface area contributed by atoms with Crippen molar-refractivity contribution < 1.29 is 14.6 Å². The topological polar surface area (TPSA) is 81.4 Å². The van der Waals surface area contributed by atoms with E-state index in [0.29, 0.717) is 17.1 Å². The zero-order chi connectivity index (χ0) is 15.6. The van der Waals surface area contributed by atoms with E-state index in [1.54, 1.807) is 26.0 Å². The van der Waals surface area contributed by atoms with Gasteiger partial charge in [0.15, 0.2) is 0 Å². The summed E-state index contributed by atoms with van der Waals surface area (Å²) in [5, 5.41) is 9.17. The monoisotopic (exact) mass is 288 g/mol. The van der Waals surface area contributed by atoms with Crippen LogP contribution in [0.25, 0.3) is 0 Å². The summed E-state index contributed by atoms with van der Waals surface area (Å²) in [5.41, 5.74) is 1.27. The lowest BCUT2D eigenvalue weighted by Crippen LogP contribution is -2.24. The maximum absolute atomic E-state index is 12.0. The predicted molar refractivity (Wildman–Crippen MR) is 77.0 cm³/mol. The highest BCUT2D eigenvalue weighted by atomic mass is 16.5. The van der Waals surface area contributed by atoms with E-state index in [1.165, 1.54) is 23.8 Å². The van der Waals surface area contributed by atoms with Crippen LogP contribution in [0.4, 0.5) is 0 Å². The first-order chi connectivity index (χ1) is 9.92. The number of ether oxygens (including phenoxy) is 1. The molecule has 0 spiro atoms. The molecule has 0 aliphatic carbocycles. The summed E-state index contributed by atoms with van der Waals surface area (Å²) in [4.78, 5) is 27.4. The Labute approximate surface area is 121 Å². The van der Waals surface area contributed by atoms with Crippen LogP contribution in [0.1, 0.15) is 27.4 Å². The molecule has 0 atom stereocenters. The number of hydrogen-bond donors (Lipinski definition) is 1. The highest BCUT2D eigenvalue weighted by molar-refractivity contribution is 5.91. The van der Waals surface area contributed by atoms with E-state index in [9.17, 15) is 14.7 Å². The van der Waals surface area contributed by atoms with E-state index in [-0.39, 0.29) is 23.4 Å². The molecule has 0 fully saturated rings. The zero-order valence-corrected chi connectivity index (χ0v) is 12.1. The maximum Gasteiger partial charge on any atom is 0.339 e. The smallest absolute Gasteiger partial charge is 0.339 e. The molecule has 0 radical (unpaired) electrons. The van der Waals surface area contributed by atoms with Gasteiger partial charge in [0.2, 0.25) is 0 Å². The number of rotatable bonds is 4. The summed E-state index contributed by atoms with van der Waals surface area (Å²) >= 11 is 0. The van der Waals surface area contributed by atoms with Crippen LogP contribution in [0.2, 0.25) is 0 Å². The predicted octanol–water partition coefficient (Wildman–Crippen LogP) is 1.62. The van der Waals surface area contributed by atoms with Gasteiger partial charge in [-0.05, 0) is 31.5 Å². The molecule has 6 heteroatoms. The maximum atomic E-state index is 12.0. The lowest BCUT2D eigenvalue weighted by Gasteiger charge is -2.11. The summed E-state index contributed by atoms with van der Waals surface area (Å²) in [6, 6.07) is 6.28. The number of hydrogen-bond acceptors (Lipinski definition) is 4. The standard InChI is InChI=1S/C15H16N2O4/c1-9-6-14(18)17(10(2)16-9)8-11-4-5-13(21-3)12(7-11)15(19)20/h4-7H,8H2,1-3H3,(H,19,20). The van der Waals surface area contributed by atoms with E-state index in [4.69, 9.17) is 4.74 Å². The number of benzene rings is 1. The number of aryl methyl sites for hydroxylation is 2. The second-order valence-corrected chi connectivity index (χ2v) is 4.71. The molecule has 1 aromatic heterocycles. The molecule has 6 nitrogen and oxygen atoms in total. The minimum atomic E-state index is -1.07. The minimum Gasteiger partial charge on any atom is -0.496 e. The quantitative estimate of drug-likeness (QED) is 0.924. The minimum absolute atomic E-state index is 0.0702. The fraction of sp³-hybridized carbons (Fsp3) is 0.267. The molecule has 0 bridgehead atoms. The molecule has 2 rings (SSSR count). The largest absolute Gasteiger partial charge is 0.496 e. The van der Waals surface area contributed by atoms with Gasteiger partial charge in [-0.3, -0.25) is 9.36 Å². The number of aromatic nitrogens is 2. The van der Waals surface area contributed by atoms with E-state index in [2.05, 4.69) is 4.98 Å². The van der Waals surface area contributed by atoms with Crippen molar-refractivity contribution in [3.8, 4) is 5.75 Å². The van der Waals surface area contributed by atoms with Crippen LogP contribution in [0.15, 0.2) is 29.1 Å². The van der Waals surface area contributed by atoms with Gasteiger partial charge in [0.1, 0.15) is 17.1 Å². The van der Waals surface area contributed by atoms with Crippen molar-refractivity contribution in [1.29, 1.82) is 0 Å². The number of nitrogens with zero attached hydrogens (tertiary/aromatic N) is 2. The van der Waals surface area contributed by atoms with Crippen molar-refractivity contribution >= 4 is 5.97 Å². The van der Waals surface area contributed by atoms with E-state index in [1.807, 2.05) is 0 Å². The number of carboxylic acid groups (broad SMARTS) is 1. The van der Waals surface area contributed by atoms with Gasteiger partial charge in [0, 0.05) is 11.8 Å². The first-order valence-corrected chi connectivity index (χ1v) is 6.37. The Bertz CT molecular complexity index is 750. The lowest BCUT2D eigenvalue weighted by molar-refractivity contribution is 0.0693. The molecule has 0 unspecified atom stereocenters. The molecule has 0 aliphatic rings.